The predicted octanol–water partition coefficient (Wildman–Crippen LogP) is 9.93. The Morgan fingerprint density at radius 2 is 1.15 bits per heavy atom. The summed E-state index contributed by atoms with van der Waals surface area (Å²) in [5.74, 6) is 34.8. The predicted molar refractivity (Wildman–Crippen MR) is 308 cm³/mol. The van der Waals surface area contributed by atoms with Gasteiger partial charge in [0, 0.05) is 101 Å². The Kier molecular flexibility index (Phi) is 43.4. The van der Waals surface area contributed by atoms with Crippen molar-refractivity contribution in [3.05, 3.63) is 4.91 Å². The number of terminal acetylenes is 1. The van der Waals surface area contributed by atoms with Gasteiger partial charge in [-0.3, -0.25) is 9.59 Å². The van der Waals surface area contributed by atoms with Gasteiger partial charge in [-0.2, -0.15) is 4.91 Å². The van der Waals surface area contributed by atoms with Crippen LogP contribution in [0.1, 0.15) is 148 Å². The molecule has 2 heterocycles. The van der Waals surface area contributed by atoms with Crippen LogP contribution in [0.3, 0.4) is 0 Å². The van der Waals surface area contributed by atoms with Gasteiger partial charge in [-0.05, 0) is 182 Å². The van der Waals surface area contributed by atoms with Gasteiger partial charge >= 0.3 is 0 Å². The number of hydrogen-bond donors (Lipinski definition) is 9. The molecule has 0 aromatic carbocycles. The molecule has 4 bridgehead atoms. The number of ketones is 2. The van der Waals surface area contributed by atoms with E-state index in [0.717, 1.165) is 121 Å². The fraction of sp³-hybridized carbons (Fsp3) is 0.686. The Morgan fingerprint density at radius 3 is 1.42 bits per heavy atom. The maximum atomic E-state index is 12.0. The van der Waals surface area contributed by atoms with E-state index in [1.807, 2.05) is 0 Å². The van der Waals surface area contributed by atoms with E-state index < -0.39 is 0 Å². The summed E-state index contributed by atoms with van der Waals surface area (Å²) in [5.41, 5.74) is 1.06. The minimum Gasteiger partial charge on any atom is -0.392 e. The summed E-state index contributed by atoms with van der Waals surface area (Å²) in [6, 6.07) is 0. The molecule has 0 radical (unpaired) electrons. The normalized spacial score (nSPS) is 23.9. The zero-order valence-electron chi connectivity index (χ0n) is 42.5. The van der Waals surface area contributed by atoms with Gasteiger partial charge in [0.15, 0.2) is 0 Å². The van der Waals surface area contributed by atoms with Crippen molar-refractivity contribution in [2.75, 3.05) is 44.2 Å². The first-order valence-electron chi connectivity index (χ1n) is 23.5. The van der Waals surface area contributed by atoms with Gasteiger partial charge in [-0.25, -0.2) is 15.8 Å². The summed E-state index contributed by atoms with van der Waals surface area (Å²) in [6.07, 6.45) is 17.7. The van der Waals surface area contributed by atoms with Crippen LogP contribution in [-0.2, 0) is 47.7 Å². The molecule has 5 unspecified atom stereocenters. The maximum absolute atomic E-state index is 12.0. The fourth-order valence-electron chi connectivity index (χ4n) is 9.03. The van der Waals surface area contributed by atoms with E-state index in [2.05, 4.69) is 178 Å². The second kappa shape index (κ2) is 44.4. The van der Waals surface area contributed by atoms with Crippen molar-refractivity contribution in [3.63, 3.8) is 0 Å². The first-order chi connectivity index (χ1) is 35.1. The summed E-state index contributed by atoms with van der Waals surface area (Å²) in [6.45, 7) is 16.7. The molecule has 6 aliphatic rings. The van der Waals surface area contributed by atoms with E-state index >= 15 is 0 Å². The number of Topliss-reactive ketones (excluding diaryl/α,β-unsaturated/α-hetero) is 2. The van der Waals surface area contributed by atoms with E-state index in [4.69, 9.17) is 32.4 Å². The number of nitrogens with one attached hydrogen (secondary N) is 3. The summed E-state index contributed by atoms with van der Waals surface area (Å²) < 4.78 is 12.4. The number of thiol groups is 1. The third-order valence-corrected chi connectivity index (χ3v) is 15.0. The van der Waals surface area contributed by atoms with Crippen molar-refractivity contribution in [2.45, 2.75) is 145 Å². The van der Waals surface area contributed by atoms with Crippen molar-refractivity contribution in [1.82, 2.24) is 16.3 Å². The third-order valence-electron chi connectivity index (χ3n) is 13.4. The van der Waals surface area contributed by atoms with Gasteiger partial charge in [0.2, 0.25) is 0 Å². The molecule has 6 rings (SSSR count). The smallest absolute Gasteiger partial charge is 0.140 e. The molecular formula is C51H98N4O16S3. The van der Waals surface area contributed by atoms with Crippen LogP contribution in [0.15, 0.2) is 5.18 Å². The Labute approximate surface area is 468 Å². The summed E-state index contributed by atoms with van der Waals surface area (Å²) >= 11 is 5.12. The maximum Gasteiger partial charge on any atom is 0.140 e. The number of carbonyl (C=O) groups is 2. The molecule has 20 nitrogen and oxygen atoms in total. The first-order valence-corrected chi connectivity index (χ1v) is 25.7. The lowest BCUT2D eigenvalue weighted by Gasteiger charge is -2.35. The van der Waals surface area contributed by atoms with Gasteiger partial charge < -0.3 is 20.8 Å². The SMILES string of the molecule is C.C#CC#CC#CC#CC#CC#CC#CC.CC1(C)C2CCC1(CSOOO)C(=O)C2.CC1(C)C2CCC1(CSOOO)C(=O)C2.CCCCCN=O.OC1CCCNC1.OOONOOS.O[C@@H]1CCCNC1.[HH].[HH].[HH].[HH].[HH].[HH].[HH].[HH].[HH].[HH].[HH]. The highest BCUT2D eigenvalue weighted by atomic mass is 32.2. The number of carbonyl (C=O) groups excluding carboxylic acids is 2. The molecule has 4 aliphatic carbocycles. The molecule has 6 fully saturated rings. The minimum absolute atomic E-state index is 0. The van der Waals surface area contributed by atoms with Crippen LogP contribution in [0, 0.1) is 122 Å². The zero-order chi connectivity index (χ0) is 54.7. The van der Waals surface area contributed by atoms with Gasteiger partial charge in [-0.1, -0.05) is 81.0 Å². The highest BCUT2D eigenvalue weighted by molar-refractivity contribution is 7.94. The molecule has 8 N–H and O–H groups in total. The highest BCUT2D eigenvalue weighted by Crippen LogP contribution is 2.65. The Bertz CT molecular complexity index is 2000. The van der Waals surface area contributed by atoms with Crippen LogP contribution < -0.4 is 16.3 Å². The average Bonchev–Trinajstić information content (AvgIpc) is 3.92. The van der Waals surface area contributed by atoms with Gasteiger partial charge in [0.25, 0.3) is 0 Å². The van der Waals surface area contributed by atoms with Crippen LogP contribution >= 0.6 is 37.0 Å². The Morgan fingerprint density at radius 1 is 0.716 bits per heavy atom. The molecule has 2 saturated heterocycles. The summed E-state index contributed by atoms with van der Waals surface area (Å²) in [7, 11) is 0. The molecule has 74 heavy (non-hydrogen) atoms. The van der Waals surface area contributed by atoms with Crippen LogP contribution in [0.2, 0.25) is 0 Å². The van der Waals surface area contributed by atoms with Crippen molar-refractivity contribution >= 4 is 48.6 Å². The van der Waals surface area contributed by atoms with Gasteiger partial charge in [-0.15, -0.1) is 24.4 Å². The third kappa shape index (κ3) is 27.4. The van der Waals surface area contributed by atoms with Crippen LogP contribution in [0.25, 0.3) is 0 Å². The molecular weight excluding hydrogens is 1020 g/mol. The largest absolute Gasteiger partial charge is 0.392 e. The van der Waals surface area contributed by atoms with Crippen molar-refractivity contribution in [2.24, 2.45) is 38.7 Å². The number of piperidine rings is 2. The molecule has 2 aliphatic heterocycles. The van der Waals surface area contributed by atoms with Crippen LogP contribution in [0.4, 0.5) is 0 Å². The molecule has 436 valence electrons. The Balaban J connectivity index is -0.0000000648. The number of rotatable bonds is 16. The zero-order valence-corrected chi connectivity index (χ0v) is 45.0. The lowest BCUT2D eigenvalue weighted by molar-refractivity contribution is -0.565. The standard InChI is InChI=1S/C15H4.2C10H16O4S.3C5H11NO.CH4.H3NO5S.11H2/c1-3-5-7-9-11-13-15-14-12-10-8-6-4-2;2*1-9(2)7-3-4-10(9,8(11)5-7)6-15-14-13-12;2*7-5-2-1-3-6-4-5;1-2-3-4-5-6-7;;2-5-3-1-4-6-7;;;;;;;;;;;/h1H,2H3;2*7,12H,3-6H2,1-2H3;2*5-7H,1-4H2;2-5H2,1H3;1H4;1-2,7H;11*1H/t;;;5-;;;;;;;;;;;;;;;/m...1.............../s1. The monoisotopic (exact) mass is 1120 g/mol. The van der Waals surface area contributed by atoms with Gasteiger partial charge in [0.05, 0.1) is 18.8 Å². The fourth-order valence-corrected chi connectivity index (χ4v) is 11.0. The van der Waals surface area contributed by atoms with E-state index in [9.17, 15) is 14.5 Å². The van der Waals surface area contributed by atoms with E-state index in [1.165, 1.54) is 5.64 Å². The molecule has 0 spiro atoms. The summed E-state index contributed by atoms with van der Waals surface area (Å²) in [4.78, 5) is 40.6. The molecule has 6 atom stereocenters. The highest BCUT2D eigenvalue weighted by Gasteiger charge is 2.65. The topological polar surface area (TPSA) is 275 Å². The molecule has 0 aromatic heterocycles. The number of β-amino-alcohol motifs (C(OH)–C–C–N with tert-alkyl or cyclic N) is 2. The van der Waals surface area contributed by atoms with E-state index in [1.54, 1.807) is 6.92 Å². The minimum atomic E-state index is -0.277. The van der Waals surface area contributed by atoms with Crippen LogP contribution in [-0.4, -0.2) is 94.0 Å². The number of unbranched alkanes of at least 4 members (excludes halogenated alkanes) is 2. The first kappa shape index (κ1) is 72.3. The molecule has 0 aromatic rings. The molecule has 23 heteroatoms. The number of nitrogens with zero attached hydrogens (tertiary/aromatic N) is 1. The summed E-state index contributed by atoms with van der Waals surface area (Å²) in [5, 5.41) is 60.2. The second-order valence-electron chi connectivity index (χ2n) is 17.9. The quantitative estimate of drug-likeness (QED) is 0.0132. The van der Waals surface area contributed by atoms with Crippen molar-refractivity contribution in [1.29, 1.82) is 0 Å². The number of nitroso groups, excluding NO2 is 1. The number of aliphatic hydroxyl groups excluding tert-OH is 2. The van der Waals surface area contributed by atoms with Crippen LogP contribution in [0.5, 0.6) is 0 Å². The number of hydrogen-bond acceptors (Lipinski definition) is 23. The Hall–Kier alpha value is -3.73. The second-order valence-corrected chi connectivity index (χ2v) is 19.3. The van der Waals surface area contributed by atoms with Crippen molar-refractivity contribution in [3.8, 4) is 83.4 Å². The number of aliphatic hydroxyl groups is 2. The van der Waals surface area contributed by atoms with E-state index in [0.29, 0.717) is 54.3 Å². The molecule has 0 amide bonds. The van der Waals surface area contributed by atoms with Gasteiger partial charge in [0.1, 0.15) is 11.6 Å². The average molecular weight is 1120 g/mol. The molecule has 4 saturated carbocycles. The lowest BCUT2D eigenvalue weighted by Crippen LogP contribution is -2.38. The lowest BCUT2D eigenvalue weighted by atomic mass is 9.70. The number of fused-ring (bicyclic) bond motifs is 4. The van der Waals surface area contributed by atoms with Crippen molar-refractivity contribution < 1.29 is 89.4 Å². The van der Waals surface area contributed by atoms with E-state index in [-0.39, 0.29) is 57.0 Å².